The Balaban J connectivity index is 2.00. The molecule has 0 unspecified atom stereocenters. The first-order chi connectivity index (χ1) is 15.3. The van der Waals surface area contributed by atoms with Crippen molar-refractivity contribution in [3.05, 3.63) is 75.9 Å². The molecule has 2 N–H and O–H groups in total. The number of imidazole rings is 1. The van der Waals surface area contributed by atoms with Gasteiger partial charge < -0.3 is 19.4 Å². The maximum atomic E-state index is 15.3. The Bertz CT molecular complexity index is 1420. The van der Waals surface area contributed by atoms with Crippen LogP contribution in [0.1, 0.15) is 11.3 Å². The van der Waals surface area contributed by atoms with E-state index < -0.39 is 17.0 Å². The summed E-state index contributed by atoms with van der Waals surface area (Å²) in [5.41, 5.74) is 1.04. The lowest BCUT2D eigenvalue weighted by atomic mass is 10.1. The summed E-state index contributed by atoms with van der Waals surface area (Å²) in [7, 11) is 3.44. The minimum Gasteiger partial charge on any atom is -0.501 e. The molecule has 0 spiro atoms. The van der Waals surface area contributed by atoms with E-state index in [-0.39, 0.29) is 28.4 Å². The number of hydrogen-bond acceptors (Lipinski definition) is 6. The molecule has 0 aliphatic carbocycles. The Kier molecular flexibility index (Phi) is 5.24. The lowest BCUT2D eigenvalue weighted by Crippen LogP contribution is -2.11. The van der Waals surface area contributed by atoms with Crippen molar-refractivity contribution in [1.82, 2.24) is 9.97 Å². The molecule has 160 valence electrons. The van der Waals surface area contributed by atoms with Crippen LogP contribution in [0.4, 0.5) is 10.1 Å². The Morgan fingerprint density at radius 2 is 1.91 bits per heavy atom. The number of aromatic amines is 1. The summed E-state index contributed by atoms with van der Waals surface area (Å²) in [6.45, 7) is 1.59. The molecular formula is C24H19FN4O3. The van der Waals surface area contributed by atoms with Gasteiger partial charge in [-0.05, 0) is 19.1 Å². The maximum absolute atomic E-state index is 15.3. The molecule has 2 heterocycles. The van der Waals surface area contributed by atoms with Crippen LogP contribution < -0.4 is 10.3 Å². The maximum Gasteiger partial charge on any atom is 0.227 e. The molecule has 4 aromatic rings. The zero-order valence-electron chi connectivity index (χ0n) is 17.6. The summed E-state index contributed by atoms with van der Waals surface area (Å²) in [5, 5.41) is 19.9. The molecule has 7 nitrogen and oxygen atoms in total. The molecule has 4 rings (SSSR count). The second-order valence-corrected chi connectivity index (χ2v) is 7.40. The number of aryl methyl sites for hydroxylation is 1. The summed E-state index contributed by atoms with van der Waals surface area (Å²) < 4.78 is 20.9. The van der Waals surface area contributed by atoms with Crippen molar-refractivity contribution in [3.8, 4) is 45.9 Å². The third-order valence-electron chi connectivity index (χ3n) is 4.99. The second kappa shape index (κ2) is 8.04. The molecule has 0 aliphatic heterocycles. The first-order valence-electron chi connectivity index (χ1n) is 9.71. The highest BCUT2D eigenvalue weighted by atomic mass is 19.1. The van der Waals surface area contributed by atoms with E-state index in [1.54, 1.807) is 56.3 Å². The molecule has 8 heteroatoms. The fourth-order valence-corrected chi connectivity index (χ4v) is 3.47. The second-order valence-electron chi connectivity index (χ2n) is 7.40. The van der Waals surface area contributed by atoms with Crippen LogP contribution in [0.15, 0.2) is 57.7 Å². The van der Waals surface area contributed by atoms with Crippen LogP contribution in [0, 0.1) is 24.1 Å². The van der Waals surface area contributed by atoms with Crippen molar-refractivity contribution in [2.24, 2.45) is 0 Å². The standard InChI is InChI=1S/C24H19FN4O3/c1-13-11-18(30)22(31)23(32-13)21-20(14-7-5-4-6-8-14)27-24(28-21)15-9-10-17(29(2)3)16(12-26)19(15)25/h4-11,31H,1-3H3,(H,27,28). The van der Waals surface area contributed by atoms with Gasteiger partial charge in [0.15, 0.2) is 11.6 Å². The van der Waals surface area contributed by atoms with Crippen molar-refractivity contribution in [2.75, 3.05) is 19.0 Å². The molecule has 2 aromatic carbocycles. The minimum absolute atomic E-state index is 0.0741. The van der Waals surface area contributed by atoms with Gasteiger partial charge in [0.2, 0.25) is 11.2 Å². The van der Waals surface area contributed by atoms with Crippen LogP contribution in [0.5, 0.6) is 5.75 Å². The van der Waals surface area contributed by atoms with Crippen LogP contribution in [0.3, 0.4) is 0 Å². The number of halogens is 1. The number of benzene rings is 2. The third-order valence-corrected chi connectivity index (χ3v) is 4.99. The van der Waals surface area contributed by atoms with E-state index in [0.29, 0.717) is 22.7 Å². The zero-order chi connectivity index (χ0) is 23.0. The Morgan fingerprint density at radius 3 is 2.56 bits per heavy atom. The van der Waals surface area contributed by atoms with Gasteiger partial charge in [0.25, 0.3) is 0 Å². The van der Waals surface area contributed by atoms with Crippen LogP contribution in [-0.2, 0) is 0 Å². The minimum atomic E-state index is -0.728. The molecule has 0 aliphatic rings. The average Bonchev–Trinajstić information content (AvgIpc) is 3.21. The molecule has 0 bridgehead atoms. The highest BCUT2D eigenvalue weighted by Crippen LogP contribution is 2.38. The Morgan fingerprint density at radius 1 is 1.19 bits per heavy atom. The fourth-order valence-electron chi connectivity index (χ4n) is 3.47. The number of nitriles is 1. The lowest BCUT2D eigenvalue weighted by Gasteiger charge is -2.15. The molecule has 0 atom stereocenters. The van der Waals surface area contributed by atoms with E-state index in [1.807, 2.05) is 12.1 Å². The van der Waals surface area contributed by atoms with Crippen molar-refractivity contribution in [1.29, 1.82) is 5.26 Å². The van der Waals surface area contributed by atoms with E-state index in [1.165, 1.54) is 12.1 Å². The normalized spacial score (nSPS) is 10.7. The molecule has 0 amide bonds. The summed E-state index contributed by atoms with van der Waals surface area (Å²) in [6.07, 6.45) is 0. The van der Waals surface area contributed by atoms with Crippen LogP contribution >= 0.6 is 0 Å². The number of anilines is 1. The van der Waals surface area contributed by atoms with E-state index in [0.717, 1.165) is 0 Å². The van der Waals surface area contributed by atoms with Gasteiger partial charge in [-0.2, -0.15) is 5.26 Å². The predicted molar refractivity (Wildman–Crippen MR) is 119 cm³/mol. The smallest absolute Gasteiger partial charge is 0.227 e. The number of hydrogen-bond donors (Lipinski definition) is 2. The van der Waals surface area contributed by atoms with Gasteiger partial charge in [0, 0.05) is 25.7 Å². The highest BCUT2D eigenvalue weighted by molar-refractivity contribution is 5.82. The van der Waals surface area contributed by atoms with Crippen LogP contribution in [0.2, 0.25) is 0 Å². The monoisotopic (exact) mass is 430 g/mol. The Hall–Kier alpha value is -4.38. The molecular weight excluding hydrogens is 411 g/mol. The van der Waals surface area contributed by atoms with Crippen molar-refractivity contribution >= 4 is 5.69 Å². The first kappa shape index (κ1) is 20.9. The van der Waals surface area contributed by atoms with E-state index in [4.69, 9.17) is 4.42 Å². The number of aromatic nitrogens is 2. The summed E-state index contributed by atoms with van der Waals surface area (Å²) in [4.78, 5) is 21.3. The molecule has 0 saturated carbocycles. The van der Waals surface area contributed by atoms with Gasteiger partial charge in [-0.1, -0.05) is 30.3 Å². The van der Waals surface area contributed by atoms with Gasteiger partial charge >= 0.3 is 0 Å². The summed E-state index contributed by atoms with van der Waals surface area (Å²) in [5.74, 6) is -0.982. The van der Waals surface area contributed by atoms with Crippen molar-refractivity contribution < 1.29 is 13.9 Å². The number of aromatic hydroxyl groups is 1. The first-order valence-corrected chi connectivity index (χ1v) is 9.71. The number of rotatable bonds is 4. The zero-order valence-corrected chi connectivity index (χ0v) is 17.6. The SMILES string of the molecule is Cc1cc(=O)c(O)c(-c2[nH]c(-c3ccc(N(C)C)c(C#N)c3F)nc2-c2ccccc2)o1. The summed E-state index contributed by atoms with van der Waals surface area (Å²) >= 11 is 0. The van der Waals surface area contributed by atoms with E-state index in [9.17, 15) is 15.2 Å². The molecule has 0 saturated heterocycles. The average molecular weight is 430 g/mol. The van der Waals surface area contributed by atoms with Gasteiger partial charge in [-0.15, -0.1) is 0 Å². The Labute approximate surface area is 183 Å². The van der Waals surface area contributed by atoms with Gasteiger partial charge in [-0.25, -0.2) is 9.37 Å². The third kappa shape index (κ3) is 3.50. The van der Waals surface area contributed by atoms with Crippen molar-refractivity contribution in [2.45, 2.75) is 6.92 Å². The molecule has 0 radical (unpaired) electrons. The van der Waals surface area contributed by atoms with Gasteiger partial charge in [0.05, 0.1) is 11.3 Å². The van der Waals surface area contributed by atoms with Gasteiger partial charge in [-0.3, -0.25) is 4.79 Å². The largest absolute Gasteiger partial charge is 0.501 e. The molecule has 2 aromatic heterocycles. The lowest BCUT2D eigenvalue weighted by molar-refractivity contribution is 0.429. The van der Waals surface area contributed by atoms with Gasteiger partial charge in [0.1, 0.15) is 34.6 Å². The number of nitrogens with zero attached hydrogens (tertiary/aromatic N) is 3. The number of H-pyrrole nitrogens is 1. The molecule has 32 heavy (non-hydrogen) atoms. The topological polar surface area (TPSA) is 106 Å². The van der Waals surface area contributed by atoms with E-state index >= 15 is 4.39 Å². The highest BCUT2D eigenvalue weighted by Gasteiger charge is 2.24. The quantitative estimate of drug-likeness (QED) is 0.495. The fraction of sp³-hybridized carbons (Fsp3) is 0.125. The summed E-state index contributed by atoms with van der Waals surface area (Å²) in [6, 6.07) is 15.3. The molecule has 0 fully saturated rings. The van der Waals surface area contributed by atoms with E-state index in [2.05, 4.69) is 9.97 Å². The van der Waals surface area contributed by atoms with Crippen molar-refractivity contribution in [3.63, 3.8) is 0 Å². The number of nitrogens with one attached hydrogen (secondary N) is 1. The van der Waals surface area contributed by atoms with Crippen LogP contribution in [-0.4, -0.2) is 29.2 Å². The van der Waals surface area contributed by atoms with Crippen LogP contribution in [0.25, 0.3) is 34.1 Å². The predicted octanol–water partition coefficient (Wildman–Crippen LogP) is 4.45.